The van der Waals surface area contributed by atoms with Gasteiger partial charge in [0.05, 0.1) is 5.75 Å². The van der Waals surface area contributed by atoms with Crippen molar-refractivity contribution in [3.05, 3.63) is 27.8 Å². The fraction of sp³-hybridized carbons (Fsp3) is 0.385. The van der Waals surface area contributed by atoms with E-state index in [2.05, 4.69) is 46.7 Å². The van der Waals surface area contributed by atoms with Crippen LogP contribution in [0.1, 0.15) is 13.8 Å². The van der Waals surface area contributed by atoms with Crippen LogP contribution in [0.15, 0.2) is 24.3 Å². The topological polar surface area (TPSA) is 32.3 Å². The maximum absolute atomic E-state index is 11.8. The molecule has 6 heteroatoms. The van der Waals surface area contributed by atoms with Crippen molar-refractivity contribution >= 4 is 62.5 Å². The van der Waals surface area contributed by atoms with Gasteiger partial charge < -0.3 is 10.2 Å². The molecular formula is C13H17IN2OS2. The number of thiocarbonyl (C=S) groups is 1. The number of nitrogens with zero attached hydrogens (tertiary/aromatic N) is 1. The Kier molecular flexibility index (Phi) is 7.70. The highest BCUT2D eigenvalue weighted by molar-refractivity contribution is 14.1. The van der Waals surface area contributed by atoms with E-state index in [-0.39, 0.29) is 5.91 Å². The number of benzene rings is 1. The van der Waals surface area contributed by atoms with Crippen molar-refractivity contribution in [2.75, 3.05) is 24.2 Å². The summed E-state index contributed by atoms with van der Waals surface area (Å²) < 4.78 is 1.88. The van der Waals surface area contributed by atoms with Gasteiger partial charge in [0.25, 0.3) is 0 Å². The minimum absolute atomic E-state index is 0.0264. The van der Waals surface area contributed by atoms with Crippen LogP contribution in [0.3, 0.4) is 0 Å². The Morgan fingerprint density at radius 2 is 2.11 bits per heavy atom. The molecule has 0 aliphatic heterocycles. The molecule has 104 valence electrons. The molecule has 0 fully saturated rings. The summed E-state index contributed by atoms with van der Waals surface area (Å²) in [6.45, 7) is 5.87. The number of hydrogen-bond acceptors (Lipinski definition) is 3. The monoisotopic (exact) mass is 408 g/mol. The first-order valence-corrected chi connectivity index (χ1v) is 8.51. The molecule has 0 heterocycles. The second-order valence-electron chi connectivity index (χ2n) is 3.79. The minimum Gasteiger partial charge on any atom is -0.358 e. The largest absolute Gasteiger partial charge is 0.358 e. The average molecular weight is 408 g/mol. The van der Waals surface area contributed by atoms with Crippen LogP contribution in [0.5, 0.6) is 0 Å². The van der Waals surface area contributed by atoms with Crippen LogP contribution >= 0.6 is 46.6 Å². The van der Waals surface area contributed by atoms with E-state index in [0.29, 0.717) is 5.75 Å². The molecule has 1 aromatic rings. The van der Waals surface area contributed by atoms with Crippen LogP contribution in [0, 0.1) is 3.57 Å². The lowest BCUT2D eigenvalue weighted by molar-refractivity contribution is -0.113. The van der Waals surface area contributed by atoms with Crippen LogP contribution in [0.2, 0.25) is 0 Å². The number of anilines is 1. The maximum Gasteiger partial charge on any atom is 0.234 e. The van der Waals surface area contributed by atoms with E-state index in [1.807, 2.05) is 24.3 Å². The van der Waals surface area contributed by atoms with Gasteiger partial charge in [-0.15, -0.1) is 0 Å². The van der Waals surface area contributed by atoms with Crippen molar-refractivity contribution in [2.24, 2.45) is 0 Å². The number of halogens is 1. The summed E-state index contributed by atoms with van der Waals surface area (Å²) in [5.41, 5.74) is 0.825. The number of amides is 1. The van der Waals surface area contributed by atoms with Gasteiger partial charge in [-0.2, -0.15) is 0 Å². The molecule has 1 rings (SSSR count). The van der Waals surface area contributed by atoms with Gasteiger partial charge in [0.15, 0.2) is 0 Å². The summed E-state index contributed by atoms with van der Waals surface area (Å²) in [7, 11) is 0. The smallest absolute Gasteiger partial charge is 0.234 e. The summed E-state index contributed by atoms with van der Waals surface area (Å²) in [6.07, 6.45) is 0. The molecule has 0 aromatic heterocycles. The van der Waals surface area contributed by atoms with Gasteiger partial charge in [-0.05, 0) is 54.6 Å². The second kappa shape index (κ2) is 8.76. The predicted octanol–water partition coefficient (Wildman–Crippen LogP) is 3.59. The van der Waals surface area contributed by atoms with E-state index in [1.165, 1.54) is 11.8 Å². The van der Waals surface area contributed by atoms with Crippen molar-refractivity contribution in [1.29, 1.82) is 0 Å². The molecule has 3 nitrogen and oxygen atoms in total. The first-order valence-electron chi connectivity index (χ1n) is 6.04. The van der Waals surface area contributed by atoms with Gasteiger partial charge in [-0.25, -0.2) is 0 Å². The van der Waals surface area contributed by atoms with Crippen LogP contribution in [-0.4, -0.2) is 34.0 Å². The third-order valence-corrected chi connectivity index (χ3v) is 4.65. The van der Waals surface area contributed by atoms with E-state index < -0.39 is 0 Å². The molecule has 0 radical (unpaired) electrons. The molecule has 1 N–H and O–H groups in total. The lowest BCUT2D eigenvalue weighted by Crippen LogP contribution is -2.28. The van der Waals surface area contributed by atoms with Gasteiger partial charge in [0.1, 0.15) is 4.32 Å². The molecule has 1 amide bonds. The molecule has 0 spiro atoms. The Morgan fingerprint density at radius 1 is 1.42 bits per heavy atom. The Labute approximate surface area is 137 Å². The van der Waals surface area contributed by atoms with Gasteiger partial charge in [-0.1, -0.05) is 30.0 Å². The first kappa shape index (κ1) is 16.7. The molecule has 0 saturated heterocycles. The van der Waals surface area contributed by atoms with Gasteiger partial charge in [0, 0.05) is 22.3 Å². The molecule has 0 aliphatic rings. The zero-order valence-corrected chi connectivity index (χ0v) is 14.8. The summed E-state index contributed by atoms with van der Waals surface area (Å²) in [5.74, 6) is 0.322. The van der Waals surface area contributed by atoms with Gasteiger partial charge in [-0.3, -0.25) is 4.79 Å². The van der Waals surface area contributed by atoms with Gasteiger partial charge >= 0.3 is 0 Å². The van der Waals surface area contributed by atoms with Crippen LogP contribution in [-0.2, 0) is 4.79 Å². The van der Waals surface area contributed by atoms with Crippen molar-refractivity contribution < 1.29 is 4.79 Å². The van der Waals surface area contributed by atoms with Crippen LogP contribution in [0.25, 0.3) is 0 Å². The fourth-order valence-corrected chi connectivity index (χ4v) is 3.21. The molecule has 19 heavy (non-hydrogen) atoms. The zero-order chi connectivity index (χ0) is 14.3. The minimum atomic E-state index is -0.0264. The van der Waals surface area contributed by atoms with Crippen molar-refractivity contribution in [3.63, 3.8) is 0 Å². The number of carbonyl (C=O) groups excluding carboxylic acids is 1. The quantitative estimate of drug-likeness (QED) is 0.596. The first-order chi connectivity index (χ1) is 9.06. The predicted molar refractivity (Wildman–Crippen MR) is 95.8 cm³/mol. The zero-order valence-electron chi connectivity index (χ0n) is 11.0. The lowest BCUT2D eigenvalue weighted by Gasteiger charge is -2.20. The highest BCUT2D eigenvalue weighted by Gasteiger charge is 2.09. The third-order valence-electron chi connectivity index (χ3n) is 2.46. The van der Waals surface area contributed by atoms with E-state index in [1.54, 1.807) is 0 Å². The van der Waals surface area contributed by atoms with Crippen molar-refractivity contribution in [2.45, 2.75) is 13.8 Å². The Hall–Kier alpha value is -0.340. The van der Waals surface area contributed by atoms with E-state index in [9.17, 15) is 4.79 Å². The number of thioether (sulfide) groups is 1. The molecule has 0 atom stereocenters. The lowest BCUT2D eigenvalue weighted by atomic mass is 10.3. The van der Waals surface area contributed by atoms with Gasteiger partial charge in [0.2, 0.25) is 5.91 Å². The fourth-order valence-electron chi connectivity index (χ4n) is 1.46. The highest BCUT2D eigenvalue weighted by Crippen LogP contribution is 2.14. The number of carbonyl (C=O) groups is 1. The number of hydrogen-bond donors (Lipinski definition) is 1. The Bertz CT molecular complexity index is 450. The van der Waals surface area contributed by atoms with Crippen LogP contribution in [0.4, 0.5) is 5.69 Å². The molecule has 0 saturated carbocycles. The molecule has 0 unspecified atom stereocenters. The number of rotatable bonds is 5. The summed E-state index contributed by atoms with van der Waals surface area (Å²) in [4.78, 5) is 13.9. The Balaban J connectivity index is 2.42. The molecule has 1 aromatic carbocycles. The summed E-state index contributed by atoms with van der Waals surface area (Å²) in [5, 5.41) is 2.87. The Morgan fingerprint density at radius 3 is 2.68 bits per heavy atom. The summed E-state index contributed by atoms with van der Waals surface area (Å²) >= 11 is 8.91. The van der Waals surface area contributed by atoms with E-state index in [4.69, 9.17) is 12.2 Å². The second-order valence-corrected chi connectivity index (χ2v) is 6.64. The molecule has 0 bridgehead atoms. The molecule has 0 aliphatic carbocycles. The maximum atomic E-state index is 11.8. The number of nitrogens with one attached hydrogen (secondary N) is 1. The van der Waals surface area contributed by atoms with E-state index in [0.717, 1.165) is 26.7 Å². The van der Waals surface area contributed by atoms with E-state index >= 15 is 0 Å². The van der Waals surface area contributed by atoms with Crippen LogP contribution < -0.4 is 5.32 Å². The molecular weight excluding hydrogens is 391 g/mol. The summed E-state index contributed by atoms with van der Waals surface area (Å²) in [6, 6.07) is 7.73. The highest BCUT2D eigenvalue weighted by atomic mass is 127. The SMILES string of the molecule is CCN(CC)C(=S)SCC(=O)Nc1cccc(I)c1. The van der Waals surface area contributed by atoms with Crippen molar-refractivity contribution in [1.82, 2.24) is 4.90 Å². The standard InChI is InChI=1S/C13H17IN2OS2/c1-3-16(4-2)13(18)19-9-12(17)15-11-7-5-6-10(14)8-11/h5-8H,3-4,9H2,1-2H3,(H,15,17). The third kappa shape index (κ3) is 6.09. The average Bonchev–Trinajstić information content (AvgIpc) is 2.38. The normalized spacial score (nSPS) is 10.1. The van der Waals surface area contributed by atoms with Crippen molar-refractivity contribution in [3.8, 4) is 0 Å².